The van der Waals surface area contributed by atoms with Crippen LogP contribution in [-0.4, -0.2) is 55.3 Å². The number of phenols is 1. The summed E-state index contributed by atoms with van der Waals surface area (Å²) in [6.07, 6.45) is -0.731. The summed E-state index contributed by atoms with van der Waals surface area (Å²) in [7, 11) is 0. The average molecular weight is 414 g/mol. The third-order valence-electron chi connectivity index (χ3n) is 6.15. The number of hydrogen-bond donors (Lipinski definition) is 6. The van der Waals surface area contributed by atoms with Crippen molar-refractivity contribution >= 4 is 23.3 Å². The zero-order chi connectivity index (χ0) is 22.3. The Morgan fingerprint density at radius 3 is 2.37 bits per heavy atom. The number of benzene rings is 1. The lowest BCUT2D eigenvalue weighted by molar-refractivity contribution is -0.143. The van der Waals surface area contributed by atoms with Crippen molar-refractivity contribution in [1.29, 1.82) is 0 Å². The quantitative estimate of drug-likeness (QED) is 0.299. The van der Waals surface area contributed by atoms with Crippen LogP contribution in [-0.2, 0) is 20.0 Å². The maximum atomic E-state index is 13.4. The number of rotatable bonds is 1. The average Bonchev–Trinajstić information content (AvgIpc) is 2.64. The van der Waals surface area contributed by atoms with E-state index >= 15 is 0 Å². The Kier molecular flexibility index (Phi) is 3.89. The predicted octanol–water partition coefficient (Wildman–Crippen LogP) is -1.38. The molecular formula is C20H18N2O8. The van der Waals surface area contributed by atoms with E-state index in [-0.39, 0.29) is 22.3 Å². The molecule has 8 N–H and O–H groups in total. The highest BCUT2D eigenvalue weighted by atomic mass is 16.3. The molecular weight excluding hydrogens is 396 g/mol. The zero-order valence-electron chi connectivity index (χ0n) is 15.7. The molecule has 0 radical (unpaired) electrons. The first-order chi connectivity index (χ1) is 13.9. The first-order valence-electron chi connectivity index (χ1n) is 8.98. The molecule has 0 aromatic heterocycles. The third kappa shape index (κ3) is 2.18. The Balaban J connectivity index is 2.02. The minimum absolute atomic E-state index is 0.0293. The number of aliphatic hydroxyl groups excluding tert-OH is 1. The van der Waals surface area contributed by atoms with Gasteiger partial charge in [-0.2, -0.15) is 0 Å². The monoisotopic (exact) mass is 414 g/mol. The Hall–Kier alpha value is -3.34. The summed E-state index contributed by atoms with van der Waals surface area (Å²) in [5, 5.41) is 43.0. The Labute approximate surface area is 169 Å². The number of fused-ring (bicyclic) bond motifs is 2. The van der Waals surface area contributed by atoms with Crippen molar-refractivity contribution in [2.45, 2.75) is 30.6 Å². The molecule has 3 unspecified atom stereocenters. The SMILES string of the molecule is CC1(O)C2=C(CC3(O)C(O)=C(C(N)=O)C(=O)C(N)[C@@H]3C2=O)C(=O)c2c(O)cccc21. The number of primary amides is 1. The second-order valence-corrected chi connectivity index (χ2v) is 7.88. The van der Waals surface area contributed by atoms with E-state index in [4.69, 9.17) is 11.5 Å². The second kappa shape index (κ2) is 5.85. The highest BCUT2D eigenvalue weighted by molar-refractivity contribution is 6.26. The van der Waals surface area contributed by atoms with Gasteiger partial charge in [-0.1, -0.05) is 12.1 Å². The van der Waals surface area contributed by atoms with E-state index in [1.54, 1.807) is 0 Å². The molecule has 3 aliphatic carbocycles. The highest BCUT2D eigenvalue weighted by Gasteiger charge is 2.63. The standard InChI is InChI=1S/C20H18N2O8/c1-19(29)7-3-2-4-8(23)9(7)14(24)6-5-20(30)12(16(26)11(6)19)13(21)15(25)10(17(20)27)18(22)28/h2-4,12-13,23,27,29-30H,5,21H2,1H3,(H2,22,28)/t12-,13?,19?,20?/m1/s1. The van der Waals surface area contributed by atoms with E-state index in [9.17, 15) is 39.6 Å². The fourth-order valence-electron chi connectivity index (χ4n) is 4.77. The molecule has 1 aromatic rings. The van der Waals surface area contributed by atoms with E-state index in [2.05, 4.69) is 0 Å². The van der Waals surface area contributed by atoms with Crippen LogP contribution in [0.1, 0.15) is 29.3 Å². The summed E-state index contributed by atoms with van der Waals surface area (Å²) >= 11 is 0. The third-order valence-corrected chi connectivity index (χ3v) is 6.15. The van der Waals surface area contributed by atoms with Crippen LogP contribution in [0.4, 0.5) is 0 Å². The molecule has 0 saturated carbocycles. The Bertz CT molecular complexity index is 1150. The molecule has 156 valence electrons. The van der Waals surface area contributed by atoms with E-state index in [0.717, 1.165) is 0 Å². The summed E-state index contributed by atoms with van der Waals surface area (Å²) in [6, 6.07) is 2.22. The van der Waals surface area contributed by atoms with Gasteiger partial charge in [0.05, 0.1) is 17.5 Å². The Morgan fingerprint density at radius 2 is 1.77 bits per heavy atom. The maximum absolute atomic E-state index is 13.4. The molecule has 0 saturated heterocycles. The number of Topliss-reactive ketones (excluding diaryl/α,β-unsaturated/α-hetero) is 3. The molecule has 0 heterocycles. The lowest BCUT2D eigenvalue weighted by Gasteiger charge is -2.48. The summed E-state index contributed by atoms with van der Waals surface area (Å²) < 4.78 is 0. The van der Waals surface area contributed by atoms with E-state index in [1.165, 1.54) is 25.1 Å². The lowest BCUT2D eigenvalue weighted by Crippen LogP contribution is -2.64. The number of amides is 1. The van der Waals surface area contributed by atoms with Gasteiger partial charge < -0.3 is 31.9 Å². The number of carbonyl (C=O) groups is 4. The Morgan fingerprint density at radius 1 is 1.13 bits per heavy atom. The van der Waals surface area contributed by atoms with Crippen molar-refractivity contribution in [2.75, 3.05) is 0 Å². The van der Waals surface area contributed by atoms with Crippen LogP contribution in [0.3, 0.4) is 0 Å². The van der Waals surface area contributed by atoms with Crippen molar-refractivity contribution in [1.82, 2.24) is 0 Å². The van der Waals surface area contributed by atoms with Gasteiger partial charge in [0.2, 0.25) is 0 Å². The molecule has 4 atom stereocenters. The number of hydrogen-bond acceptors (Lipinski definition) is 9. The van der Waals surface area contributed by atoms with Gasteiger partial charge in [0.25, 0.3) is 5.91 Å². The first-order valence-corrected chi connectivity index (χ1v) is 8.98. The lowest BCUT2D eigenvalue weighted by atomic mass is 9.57. The van der Waals surface area contributed by atoms with Crippen LogP contribution in [0.25, 0.3) is 0 Å². The van der Waals surface area contributed by atoms with Gasteiger partial charge in [0.15, 0.2) is 17.3 Å². The number of phenolic OH excluding ortho intramolecular Hbond substituents is 1. The molecule has 4 rings (SSSR count). The fourth-order valence-corrected chi connectivity index (χ4v) is 4.77. The van der Waals surface area contributed by atoms with Gasteiger partial charge in [-0.25, -0.2) is 0 Å². The number of ketones is 3. The van der Waals surface area contributed by atoms with E-state index in [1.807, 2.05) is 0 Å². The van der Waals surface area contributed by atoms with Crippen LogP contribution >= 0.6 is 0 Å². The molecule has 0 bridgehead atoms. The van der Waals surface area contributed by atoms with Gasteiger partial charge in [-0.05, 0) is 13.0 Å². The van der Waals surface area contributed by atoms with Crippen LogP contribution in [0.2, 0.25) is 0 Å². The summed E-state index contributed by atoms with van der Waals surface area (Å²) in [5.74, 6) is -7.71. The van der Waals surface area contributed by atoms with Gasteiger partial charge in [-0.15, -0.1) is 0 Å². The highest BCUT2D eigenvalue weighted by Crippen LogP contribution is 2.52. The minimum Gasteiger partial charge on any atom is -0.508 e. The largest absolute Gasteiger partial charge is 0.508 e. The van der Waals surface area contributed by atoms with Crippen LogP contribution in [0.5, 0.6) is 5.75 Å². The summed E-state index contributed by atoms with van der Waals surface area (Å²) in [5.41, 5.74) is 4.37. The van der Waals surface area contributed by atoms with Crippen LogP contribution < -0.4 is 11.5 Å². The molecule has 0 fully saturated rings. The van der Waals surface area contributed by atoms with Crippen molar-refractivity contribution < 1.29 is 39.6 Å². The molecule has 30 heavy (non-hydrogen) atoms. The van der Waals surface area contributed by atoms with Gasteiger partial charge in [0, 0.05) is 23.1 Å². The minimum atomic E-state index is -2.57. The predicted molar refractivity (Wildman–Crippen MR) is 98.9 cm³/mol. The van der Waals surface area contributed by atoms with Gasteiger partial charge in [-0.3, -0.25) is 19.2 Å². The number of aliphatic hydroxyl groups is 3. The van der Waals surface area contributed by atoms with Gasteiger partial charge in [0.1, 0.15) is 28.3 Å². The number of aromatic hydroxyl groups is 1. The van der Waals surface area contributed by atoms with Crippen LogP contribution in [0.15, 0.2) is 40.7 Å². The molecule has 10 heteroatoms. The van der Waals surface area contributed by atoms with Crippen LogP contribution in [0, 0.1) is 5.92 Å². The normalized spacial score (nSPS) is 33.3. The molecule has 10 nitrogen and oxygen atoms in total. The van der Waals surface area contributed by atoms with E-state index in [0.29, 0.717) is 0 Å². The fraction of sp³-hybridized carbons (Fsp3) is 0.300. The molecule has 0 spiro atoms. The smallest absolute Gasteiger partial charge is 0.255 e. The molecule has 1 aromatic carbocycles. The van der Waals surface area contributed by atoms with Crippen molar-refractivity contribution in [3.63, 3.8) is 0 Å². The van der Waals surface area contributed by atoms with Crippen molar-refractivity contribution in [3.8, 4) is 5.75 Å². The maximum Gasteiger partial charge on any atom is 0.255 e. The first kappa shape index (κ1) is 20.0. The second-order valence-electron chi connectivity index (χ2n) is 7.88. The summed E-state index contributed by atoms with van der Waals surface area (Å²) in [4.78, 5) is 50.6. The van der Waals surface area contributed by atoms with Crippen molar-refractivity contribution in [3.05, 3.63) is 51.8 Å². The molecule has 1 amide bonds. The molecule has 0 aliphatic heterocycles. The van der Waals surface area contributed by atoms with Gasteiger partial charge >= 0.3 is 0 Å². The topological polar surface area (TPSA) is 201 Å². The van der Waals surface area contributed by atoms with E-state index < -0.39 is 69.9 Å². The summed E-state index contributed by atoms with van der Waals surface area (Å²) in [6.45, 7) is 1.23. The van der Waals surface area contributed by atoms with Crippen molar-refractivity contribution in [2.24, 2.45) is 17.4 Å². The zero-order valence-corrected chi connectivity index (χ0v) is 15.7. The number of nitrogens with two attached hydrogens (primary N) is 2. The molecule has 3 aliphatic rings. The number of carbonyl (C=O) groups excluding carboxylic acids is 4.